The molecule has 6 heteroatoms. The summed E-state index contributed by atoms with van der Waals surface area (Å²) < 4.78 is 18.8. The Labute approximate surface area is 148 Å². The Balaban J connectivity index is 1.71. The van der Waals surface area contributed by atoms with Crippen molar-refractivity contribution in [3.8, 4) is 0 Å². The Morgan fingerprint density at radius 3 is 2.71 bits per heavy atom. The van der Waals surface area contributed by atoms with Crippen molar-refractivity contribution in [1.82, 2.24) is 10.2 Å². The zero-order chi connectivity index (χ0) is 17.7. The molecular formula is C18H26ClFN2O2. The molecule has 0 spiro atoms. The molecule has 24 heavy (non-hydrogen) atoms. The van der Waals surface area contributed by atoms with Gasteiger partial charge in [0.2, 0.25) is 0 Å². The van der Waals surface area contributed by atoms with Gasteiger partial charge < -0.3 is 15.0 Å². The molecule has 4 nitrogen and oxygen atoms in total. The number of hydrogen-bond acceptors (Lipinski definition) is 3. The molecule has 1 aliphatic carbocycles. The molecule has 134 valence electrons. The van der Waals surface area contributed by atoms with Crippen molar-refractivity contribution in [1.29, 1.82) is 0 Å². The van der Waals surface area contributed by atoms with Crippen LogP contribution in [0.25, 0.3) is 0 Å². The van der Waals surface area contributed by atoms with Gasteiger partial charge in [0.1, 0.15) is 11.4 Å². The molecule has 0 heterocycles. The van der Waals surface area contributed by atoms with Crippen LogP contribution < -0.4 is 5.32 Å². The van der Waals surface area contributed by atoms with E-state index in [0.29, 0.717) is 19.1 Å². The number of carbonyl (C=O) groups excluding carboxylic acids is 1. The monoisotopic (exact) mass is 356 g/mol. The zero-order valence-corrected chi connectivity index (χ0v) is 15.3. The third-order valence-electron chi connectivity index (χ3n) is 3.68. The second kappa shape index (κ2) is 8.17. The SMILES string of the molecule is CC(C)(C)OC(=O)N(CCCNCc1ccc(Cl)c(F)c1)C1CC1. The lowest BCUT2D eigenvalue weighted by Crippen LogP contribution is -2.39. The maximum absolute atomic E-state index is 13.4. The predicted octanol–water partition coefficient (Wildman–Crippen LogP) is 4.36. The first kappa shape index (κ1) is 19.0. The van der Waals surface area contributed by atoms with Crippen LogP contribution in [0.2, 0.25) is 5.02 Å². The van der Waals surface area contributed by atoms with E-state index in [0.717, 1.165) is 31.4 Å². The van der Waals surface area contributed by atoms with Crippen LogP contribution in [0, 0.1) is 5.82 Å². The van der Waals surface area contributed by atoms with E-state index in [-0.39, 0.29) is 11.1 Å². The van der Waals surface area contributed by atoms with Gasteiger partial charge in [-0.25, -0.2) is 9.18 Å². The normalized spacial score (nSPS) is 14.5. The summed E-state index contributed by atoms with van der Waals surface area (Å²) in [6, 6.07) is 5.12. The van der Waals surface area contributed by atoms with Crippen LogP contribution in [0.4, 0.5) is 9.18 Å². The molecule has 1 aromatic carbocycles. The quantitative estimate of drug-likeness (QED) is 0.738. The number of nitrogens with one attached hydrogen (secondary N) is 1. The second-order valence-electron chi connectivity index (χ2n) is 7.18. The summed E-state index contributed by atoms with van der Waals surface area (Å²) in [5.41, 5.74) is 0.379. The molecule has 1 aromatic rings. The summed E-state index contributed by atoms with van der Waals surface area (Å²) in [6.07, 6.45) is 2.70. The third kappa shape index (κ3) is 6.29. The second-order valence-corrected chi connectivity index (χ2v) is 7.59. The standard InChI is InChI=1S/C18H26ClFN2O2/c1-18(2,3)24-17(23)22(14-6-7-14)10-4-9-21-12-13-5-8-15(19)16(20)11-13/h5,8,11,14,21H,4,6-7,9-10,12H2,1-3H3. The summed E-state index contributed by atoms with van der Waals surface area (Å²) in [6.45, 7) is 7.62. The molecule has 0 aromatic heterocycles. The van der Waals surface area contributed by atoms with Crippen molar-refractivity contribution in [3.63, 3.8) is 0 Å². The van der Waals surface area contributed by atoms with Crippen molar-refractivity contribution >= 4 is 17.7 Å². The van der Waals surface area contributed by atoms with Gasteiger partial charge in [-0.1, -0.05) is 17.7 Å². The Bertz CT molecular complexity index is 571. The number of benzene rings is 1. The molecule has 0 bridgehead atoms. The average Bonchev–Trinajstić information content (AvgIpc) is 3.29. The number of halogens is 2. The van der Waals surface area contributed by atoms with Crippen molar-refractivity contribution in [2.24, 2.45) is 0 Å². The summed E-state index contributed by atoms with van der Waals surface area (Å²) in [5, 5.41) is 3.40. The average molecular weight is 357 g/mol. The van der Waals surface area contributed by atoms with Crippen LogP contribution in [0.3, 0.4) is 0 Å². The minimum atomic E-state index is -0.471. The lowest BCUT2D eigenvalue weighted by atomic mass is 10.2. The molecule has 1 aliphatic rings. The van der Waals surface area contributed by atoms with E-state index in [1.165, 1.54) is 6.07 Å². The molecule has 0 unspecified atom stereocenters. The number of ether oxygens (including phenoxy) is 1. The number of nitrogens with zero attached hydrogens (tertiary/aromatic N) is 1. The first-order valence-electron chi connectivity index (χ1n) is 8.40. The van der Waals surface area contributed by atoms with E-state index < -0.39 is 11.4 Å². The van der Waals surface area contributed by atoms with Crippen LogP contribution in [-0.2, 0) is 11.3 Å². The van der Waals surface area contributed by atoms with Gasteiger partial charge in [-0.05, 0) is 64.3 Å². The van der Waals surface area contributed by atoms with Crippen LogP contribution in [0.15, 0.2) is 18.2 Å². The molecule has 1 amide bonds. The van der Waals surface area contributed by atoms with E-state index in [1.807, 2.05) is 25.7 Å². The van der Waals surface area contributed by atoms with Crippen molar-refractivity contribution in [2.75, 3.05) is 13.1 Å². The van der Waals surface area contributed by atoms with E-state index in [2.05, 4.69) is 5.32 Å². The lowest BCUT2D eigenvalue weighted by Gasteiger charge is -2.27. The number of hydrogen-bond donors (Lipinski definition) is 1. The van der Waals surface area contributed by atoms with Crippen LogP contribution in [-0.4, -0.2) is 35.7 Å². The van der Waals surface area contributed by atoms with E-state index in [4.69, 9.17) is 16.3 Å². The highest BCUT2D eigenvalue weighted by Crippen LogP contribution is 2.28. The molecule has 0 atom stereocenters. The van der Waals surface area contributed by atoms with E-state index in [1.54, 1.807) is 12.1 Å². The van der Waals surface area contributed by atoms with Gasteiger partial charge in [-0.3, -0.25) is 0 Å². The van der Waals surface area contributed by atoms with Gasteiger partial charge in [0, 0.05) is 19.1 Å². The maximum atomic E-state index is 13.4. The fourth-order valence-corrected chi connectivity index (χ4v) is 2.50. The summed E-state index contributed by atoms with van der Waals surface area (Å²) in [4.78, 5) is 14.1. The van der Waals surface area contributed by atoms with Crippen LogP contribution in [0.5, 0.6) is 0 Å². The lowest BCUT2D eigenvalue weighted by molar-refractivity contribution is 0.0232. The summed E-state index contributed by atoms with van der Waals surface area (Å²) in [5.74, 6) is -0.402. The zero-order valence-electron chi connectivity index (χ0n) is 14.6. The Morgan fingerprint density at radius 1 is 1.42 bits per heavy atom. The van der Waals surface area contributed by atoms with Gasteiger partial charge in [0.25, 0.3) is 0 Å². The predicted molar refractivity (Wildman–Crippen MR) is 93.7 cm³/mol. The van der Waals surface area contributed by atoms with Gasteiger partial charge in [0.15, 0.2) is 0 Å². The molecule has 1 saturated carbocycles. The molecule has 0 aliphatic heterocycles. The first-order chi connectivity index (χ1) is 11.3. The van der Waals surface area contributed by atoms with Gasteiger partial charge in [-0.2, -0.15) is 0 Å². The smallest absolute Gasteiger partial charge is 0.410 e. The first-order valence-corrected chi connectivity index (χ1v) is 8.78. The van der Waals surface area contributed by atoms with E-state index in [9.17, 15) is 9.18 Å². The van der Waals surface area contributed by atoms with Crippen LogP contribution in [0.1, 0.15) is 45.6 Å². The molecule has 0 saturated heterocycles. The van der Waals surface area contributed by atoms with Crippen molar-refractivity contribution < 1.29 is 13.9 Å². The highest BCUT2D eigenvalue weighted by atomic mass is 35.5. The minimum absolute atomic E-state index is 0.135. The number of rotatable bonds is 7. The van der Waals surface area contributed by atoms with Crippen molar-refractivity contribution in [3.05, 3.63) is 34.6 Å². The summed E-state index contributed by atoms with van der Waals surface area (Å²) >= 11 is 5.67. The molecule has 1 N–H and O–H groups in total. The van der Waals surface area contributed by atoms with Crippen molar-refractivity contribution in [2.45, 2.75) is 58.2 Å². The highest BCUT2D eigenvalue weighted by Gasteiger charge is 2.34. The molecule has 0 radical (unpaired) electrons. The number of carbonyl (C=O) groups is 1. The fourth-order valence-electron chi connectivity index (χ4n) is 2.39. The topological polar surface area (TPSA) is 41.6 Å². The Kier molecular flexibility index (Phi) is 6.47. The summed E-state index contributed by atoms with van der Waals surface area (Å²) in [7, 11) is 0. The molecular weight excluding hydrogens is 331 g/mol. The van der Waals surface area contributed by atoms with Crippen LogP contribution >= 0.6 is 11.6 Å². The van der Waals surface area contributed by atoms with Gasteiger partial charge in [-0.15, -0.1) is 0 Å². The Hall–Kier alpha value is -1.33. The van der Waals surface area contributed by atoms with Gasteiger partial charge >= 0.3 is 6.09 Å². The Morgan fingerprint density at radius 2 is 2.12 bits per heavy atom. The largest absolute Gasteiger partial charge is 0.444 e. The number of amides is 1. The van der Waals surface area contributed by atoms with E-state index >= 15 is 0 Å². The van der Waals surface area contributed by atoms with Gasteiger partial charge in [0.05, 0.1) is 5.02 Å². The molecule has 1 fully saturated rings. The third-order valence-corrected chi connectivity index (χ3v) is 3.99. The maximum Gasteiger partial charge on any atom is 0.410 e. The minimum Gasteiger partial charge on any atom is -0.444 e. The fraction of sp³-hybridized carbons (Fsp3) is 0.611. The highest BCUT2D eigenvalue weighted by molar-refractivity contribution is 6.30. The molecule has 2 rings (SSSR count).